The second-order valence-corrected chi connectivity index (χ2v) is 6.34. The Morgan fingerprint density at radius 1 is 1.12 bits per heavy atom. The molecule has 0 spiro atoms. The van der Waals surface area contributed by atoms with Crippen LogP contribution in [0.5, 0.6) is 11.5 Å². The monoisotopic (exact) mass is 348 g/mol. The third-order valence-electron chi connectivity index (χ3n) is 4.50. The number of nitrogens with zero attached hydrogens (tertiary/aromatic N) is 1. The molecular weight excluding hydrogens is 320 g/mol. The van der Waals surface area contributed by atoms with Gasteiger partial charge in [-0.05, 0) is 31.4 Å². The van der Waals surface area contributed by atoms with Crippen LogP contribution in [-0.4, -0.2) is 50.1 Å². The summed E-state index contributed by atoms with van der Waals surface area (Å²) < 4.78 is 10.5. The van der Waals surface area contributed by atoms with Crippen molar-refractivity contribution in [2.24, 2.45) is 0 Å². The van der Waals surface area contributed by atoms with Crippen molar-refractivity contribution in [2.75, 3.05) is 27.3 Å². The van der Waals surface area contributed by atoms with Gasteiger partial charge in [0.15, 0.2) is 0 Å². The highest BCUT2D eigenvalue weighted by Gasteiger charge is 2.25. The summed E-state index contributed by atoms with van der Waals surface area (Å²) >= 11 is 0. The minimum absolute atomic E-state index is 0.0343. The molecule has 1 heterocycles. The number of ether oxygens (including phenoxy) is 2. The number of likely N-dealkylation sites (tertiary alicyclic amines) is 1. The van der Waals surface area contributed by atoms with Gasteiger partial charge in [-0.15, -0.1) is 0 Å². The summed E-state index contributed by atoms with van der Waals surface area (Å²) in [6, 6.07) is 5.36. The van der Waals surface area contributed by atoms with Crippen molar-refractivity contribution in [3.63, 3.8) is 0 Å². The molecule has 0 aliphatic carbocycles. The number of amides is 2. The lowest BCUT2D eigenvalue weighted by molar-refractivity contribution is -0.122. The number of nitrogens with one attached hydrogen (secondary N) is 1. The van der Waals surface area contributed by atoms with Gasteiger partial charge in [-0.3, -0.25) is 9.59 Å². The molecule has 1 N–H and O–H groups in total. The lowest BCUT2D eigenvalue weighted by Gasteiger charge is -2.32. The van der Waals surface area contributed by atoms with Gasteiger partial charge in [0.2, 0.25) is 5.91 Å². The third-order valence-corrected chi connectivity index (χ3v) is 4.50. The minimum Gasteiger partial charge on any atom is -0.497 e. The van der Waals surface area contributed by atoms with E-state index in [4.69, 9.17) is 9.47 Å². The Morgan fingerprint density at radius 2 is 1.72 bits per heavy atom. The molecule has 2 amide bonds. The van der Waals surface area contributed by atoms with Crippen LogP contribution in [0, 0.1) is 0 Å². The summed E-state index contributed by atoms with van der Waals surface area (Å²) in [5, 5.41) is 3.07. The van der Waals surface area contributed by atoms with Crippen LogP contribution in [0.15, 0.2) is 18.2 Å². The molecule has 2 rings (SSSR count). The molecule has 1 aliphatic heterocycles. The highest BCUT2D eigenvalue weighted by Crippen LogP contribution is 2.24. The van der Waals surface area contributed by atoms with Crippen LogP contribution in [0.2, 0.25) is 0 Å². The van der Waals surface area contributed by atoms with E-state index in [1.807, 2.05) is 4.90 Å². The average Bonchev–Trinajstić information content (AvgIpc) is 2.65. The third kappa shape index (κ3) is 5.37. The van der Waals surface area contributed by atoms with Crippen molar-refractivity contribution in [1.82, 2.24) is 10.2 Å². The molecule has 0 aromatic heterocycles. The highest BCUT2D eigenvalue weighted by atomic mass is 16.5. The first-order valence-electron chi connectivity index (χ1n) is 8.89. The molecule has 0 unspecified atom stereocenters. The molecule has 25 heavy (non-hydrogen) atoms. The van der Waals surface area contributed by atoms with E-state index in [1.165, 1.54) is 0 Å². The van der Waals surface area contributed by atoms with Gasteiger partial charge in [0.05, 0.1) is 14.2 Å². The number of hydrogen-bond acceptors (Lipinski definition) is 4. The maximum absolute atomic E-state index is 12.7. The van der Waals surface area contributed by atoms with E-state index < -0.39 is 0 Å². The number of carbonyl (C=O) groups is 2. The molecule has 1 aromatic rings. The molecule has 0 atom stereocenters. The van der Waals surface area contributed by atoms with Gasteiger partial charge in [0.25, 0.3) is 5.91 Å². The summed E-state index contributed by atoms with van der Waals surface area (Å²) in [5.74, 6) is 1.28. The normalized spacial score (nSPS) is 14.9. The maximum atomic E-state index is 12.7. The summed E-state index contributed by atoms with van der Waals surface area (Å²) in [6.07, 6.45) is 4.08. The van der Waals surface area contributed by atoms with Gasteiger partial charge >= 0.3 is 0 Å². The highest BCUT2D eigenvalue weighted by molar-refractivity contribution is 5.95. The Hall–Kier alpha value is -2.24. The molecule has 6 heteroatoms. The molecule has 1 fully saturated rings. The standard InChI is InChI=1S/C19H28N2O4/c1-4-5-6-18(22)20-15-7-9-21(10-8-15)19(23)14-11-16(24-2)13-17(12-14)25-3/h11-13,15H,4-10H2,1-3H3,(H,20,22). The predicted molar refractivity (Wildman–Crippen MR) is 96.1 cm³/mol. The second kappa shape index (κ2) is 9.30. The van der Waals surface area contributed by atoms with Crippen molar-refractivity contribution >= 4 is 11.8 Å². The molecule has 1 saturated heterocycles. The smallest absolute Gasteiger partial charge is 0.254 e. The predicted octanol–water partition coefficient (Wildman–Crippen LogP) is 2.61. The van der Waals surface area contributed by atoms with Crippen LogP contribution in [0.3, 0.4) is 0 Å². The minimum atomic E-state index is -0.0343. The van der Waals surface area contributed by atoms with E-state index in [1.54, 1.807) is 32.4 Å². The molecular formula is C19H28N2O4. The number of carbonyl (C=O) groups excluding carboxylic acids is 2. The first kappa shape index (κ1) is 19.1. The fourth-order valence-corrected chi connectivity index (χ4v) is 2.98. The van der Waals surface area contributed by atoms with E-state index in [9.17, 15) is 9.59 Å². The van der Waals surface area contributed by atoms with Gasteiger partial charge < -0.3 is 19.7 Å². The maximum Gasteiger partial charge on any atom is 0.254 e. The van der Waals surface area contributed by atoms with E-state index in [0.717, 1.165) is 25.7 Å². The van der Waals surface area contributed by atoms with Crippen molar-refractivity contribution in [2.45, 2.75) is 45.1 Å². The number of benzene rings is 1. The number of methoxy groups -OCH3 is 2. The molecule has 138 valence electrons. The molecule has 1 aromatic carbocycles. The molecule has 0 bridgehead atoms. The van der Waals surface area contributed by atoms with Crippen molar-refractivity contribution in [3.8, 4) is 11.5 Å². The molecule has 1 aliphatic rings. The quantitative estimate of drug-likeness (QED) is 0.822. The zero-order valence-corrected chi connectivity index (χ0v) is 15.3. The number of unbranched alkanes of at least 4 members (excludes halogenated alkanes) is 1. The first-order valence-corrected chi connectivity index (χ1v) is 8.89. The second-order valence-electron chi connectivity index (χ2n) is 6.34. The topological polar surface area (TPSA) is 67.9 Å². The average molecular weight is 348 g/mol. The Balaban J connectivity index is 1.92. The molecule has 0 radical (unpaired) electrons. The van der Waals surface area contributed by atoms with Gasteiger partial charge in [-0.1, -0.05) is 13.3 Å². The van der Waals surface area contributed by atoms with Crippen LogP contribution in [-0.2, 0) is 4.79 Å². The summed E-state index contributed by atoms with van der Waals surface area (Å²) in [5.41, 5.74) is 0.557. The SMILES string of the molecule is CCCCC(=O)NC1CCN(C(=O)c2cc(OC)cc(OC)c2)CC1. The van der Waals surface area contributed by atoms with Crippen LogP contribution in [0.1, 0.15) is 49.4 Å². The lowest BCUT2D eigenvalue weighted by Crippen LogP contribution is -2.46. The van der Waals surface area contributed by atoms with Crippen LogP contribution >= 0.6 is 0 Å². The van der Waals surface area contributed by atoms with Crippen molar-refractivity contribution in [1.29, 1.82) is 0 Å². The largest absolute Gasteiger partial charge is 0.497 e. The first-order chi connectivity index (χ1) is 12.1. The van der Waals surface area contributed by atoms with Crippen LogP contribution in [0.4, 0.5) is 0 Å². The van der Waals surface area contributed by atoms with Gasteiger partial charge in [-0.25, -0.2) is 0 Å². The summed E-state index contributed by atoms with van der Waals surface area (Å²) in [7, 11) is 3.13. The Labute approximate surface area is 149 Å². The zero-order chi connectivity index (χ0) is 18.2. The molecule has 6 nitrogen and oxygen atoms in total. The van der Waals surface area contributed by atoms with Gasteiger partial charge in [0.1, 0.15) is 11.5 Å². The lowest BCUT2D eigenvalue weighted by atomic mass is 10.0. The Bertz CT molecular complexity index is 573. The summed E-state index contributed by atoms with van der Waals surface area (Å²) in [4.78, 5) is 26.4. The fraction of sp³-hybridized carbons (Fsp3) is 0.579. The fourth-order valence-electron chi connectivity index (χ4n) is 2.98. The van der Waals surface area contributed by atoms with E-state index >= 15 is 0 Å². The van der Waals surface area contributed by atoms with Crippen molar-refractivity contribution in [3.05, 3.63) is 23.8 Å². The van der Waals surface area contributed by atoms with E-state index in [0.29, 0.717) is 36.6 Å². The van der Waals surface area contributed by atoms with Gasteiger partial charge in [0, 0.05) is 37.2 Å². The van der Waals surface area contributed by atoms with Crippen LogP contribution < -0.4 is 14.8 Å². The molecule has 0 saturated carbocycles. The van der Waals surface area contributed by atoms with Crippen molar-refractivity contribution < 1.29 is 19.1 Å². The Kier molecular flexibility index (Phi) is 7.10. The number of rotatable bonds is 7. The van der Waals surface area contributed by atoms with Crippen LogP contribution in [0.25, 0.3) is 0 Å². The Morgan fingerprint density at radius 3 is 2.24 bits per heavy atom. The number of piperidine rings is 1. The van der Waals surface area contributed by atoms with E-state index in [-0.39, 0.29) is 17.9 Å². The summed E-state index contributed by atoms with van der Waals surface area (Å²) in [6.45, 7) is 3.35. The van der Waals surface area contributed by atoms with E-state index in [2.05, 4.69) is 12.2 Å². The zero-order valence-electron chi connectivity index (χ0n) is 15.3. The van der Waals surface area contributed by atoms with Gasteiger partial charge in [-0.2, -0.15) is 0 Å². The number of hydrogen-bond donors (Lipinski definition) is 1.